The van der Waals surface area contributed by atoms with Crippen LogP contribution >= 0.6 is 0 Å². The van der Waals surface area contributed by atoms with E-state index in [9.17, 15) is 4.79 Å². The van der Waals surface area contributed by atoms with E-state index in [1.165, 1.54) is 11.1 Å². The number of likely N-dealkylation sites (tertiary alicyclic amines) is 1. The van der Waals surface area contributed by atoms with Crippen molar-refractivity contribution < 1.29 is 4.79 Å². The summed E-state index contributed by atoms with van der Waals surface area (Å²) in [5.74, 6) is 0.260. The molecule has 1 aromatic carbocycles. The predicted molar refractivity (Wildman–Crippen MR) is 74.5 cm³/mol. The van der Waals surface area contributed by atoms with E-state index < -0.39 is 0 Å². The molecule has 0 radical (unpaired) electrons. The Hall–Kier alpha value is -1.39. The van der Waals surface area contributed by atoms with E-state index in [-0.39, 0.29) is 18.0 Å². The summed E-state index contributed by atoms with van der Waals surface area (Å²) in [6.45, 7) is 3.65. The van der Waals surface area contributed by atoms with Gasteiger partial charge in [-0.15, -0.1) is 0 Å². The van der Waals surface area contributed by atoms with Crippen molar-refractivity contribution in [2.45, 2.75) is 37.9 Å². The van der Waals surface area contributed by atoms with Crippen molar-refractivity contribution in [2.75, 3.05) is 13.1 Å². The highest BCUT2D eigenvalue weighted by Gasteiger charge is 2.34. The van der Waals surface area contributed by atoms with Gasteiger partial charge in [0.15, 0.2) is 0 Å². The lowest BCUT2D eigenvalue weighted by Gasteiger charge is -2.20. The van der Waals surface area contributed by atoms with Crippen LogP contribution in [-0.2, 0) is 4.79 Å². The molecule has 3 N–H and O–H groups in total. The van der Waals surface area contributed by atoms with E-state index in [0.717, 1.165) is 19.5 Å². The SMILES string of the molecule is CCN1CC(NC2CC(N)c3ccccc32)CC1=O. The topological polar surface area (TPSA) is 58.4 Å². The largest absolute Gasteiger partial charge is 0.341 e. The number of nitrogens with two attached hydrogens (primary N) is 1. The average molecular weight is 259 g/mol. The van der Waals surface area contributed by atoms with Crippen LogP contribution in [0.3, 0.4) is 0 Å². The van der Waals surface area contributed by atoms with Gasteiger partial charge in [-0.25, -0.2) is 0 Å². The molecular formula is C15H21N3O. The van der Waals surface area contributed by atoms with Crippen LogP contribution in [-0.4, -0.2) is 29.9 Å². The highest BCUT2D eigenvalue weighted by Crippen LogP contribution is 2.37. The van der Waals surface area contributed by atoms with Crippen molar-refractivity contribution in [1.29, 1.82) is 0 Å². The van der Waals surface area contributed by atoms with Gasteiger partial charge in [-0.2, -0.15) is 0 Å². The van der Waals surface area contributed by atoms with E-state index >= 15 is 0 Å². The first kappa shape index (κ1) is 12.6. The highest BCUT2D eigenvalue weighted by atomic mass is 16.2. The Balaban J connectivity index is 1.71. The molecule has 2 aliphatic rings. The second-order valence-corrected chi connectivity index (χ2v) is 5.52. The lowest BCUT2D eigenvalue weighted by atomic mass is 10.1. The van der Waals surface area contributed by atoms with E-state index in [4.69, 9.17) is 5.73 Å². The second kappa shape index (κ2) is 4.94. The van der Waals surface area contributed by atoms with Crippen molar-refractivity contribution in [2.24, 2.45) is 5.73 Å². The molecule has 0 bridgehead atoms. The maximum Gasteiger partial charge on any atom is 0.224 e. The lowest BCUT2D eigenvalue weighted by Crippen LogP contribution is -2.35. The van der Waals surface area contributed by atoms with Crippen molar-refractivity contribution >= 4 is 5.91 Å². The third-order valence-electron chi connectivity index (χ3n) is 4.29. The van der Waals surface area contributed by atoms with Gasteiger partial charge in [0.1, 0.15) is 0 Å². The number of benzene rings is 1. The molecule has 3 atom stereocenters. The lowest BCUT2D eigenvalue weighted by molar-refractivity contribution is -0.127. The number of likely N-dealkylation sites (N-methyl/N-ethyl adjacent to an activating group) is 1. The Kier molecular flexibility index (Phi) is 3.29. The molecule has 4 heteroatoms. The molecule has 3 rings (SSSR count). The van der Waals surface area contributed by atoms with Crippen LogP contribution < -0.4 is 11.1 Å². The first-order valence-corrected chi connectivity index (χ1v) is 7.07. The highest BCUT2D eigenvalue weighted by molar-refractivity contribution is 5.79. The molecule has 4 nitrogen and oxygen atoms in total. The quantitative estimate of drug-likeness (QED) is 0.861. The fourth-order valence-electron chi connectivity index (χ4n) is 3.31. The molecule has 1 saturated heterocycles. The third-order valence-corrected chi connectivity index (χ3v) is 4.29. The Bertz CT molecular complexity index is 488. The Morgan fingerprint density at radius 3 is 2.79 bits per heavy atom. The van der Waals surface area contributed by atoms with Gasteiger partial charge >= 0.3 is 0 Å². The molecule has 19 heavy (non-hydrogen) atoms. The molecule has 0 aromatic heterocycles. The summed E-state index contributed by atoms with van der Waals surface area (Å²) in [5, 5.41) is 3.62. The second-order valence-electron chi connectivity index (χ2n) is 5.52. The molecule has 0 spiro atoms. The summed E-state index contributed by atoms with van der Waals surface area (Å²) in [6, 6.07) is 9.03. The number of rotatable bonds is 3. The Morgan fingerprint density at radius 2 is 2.11 bits per heavy atom. The van der Waals surface area contributed by atoms with Crippen molar-refractivity contribution in [3.05, 3.63) is 35.4 Å². The van der Waals surface area contributed by atoms with Gasteiger partial charge in [0.2, 0.25) is 5.91 Å². The molecule has 1 aliphatic carbocycles. The van der Waals surface area contributed by atoms with Crippen molar-refractivity contribution in [3.8, 4) is 0 Å². The van der Waals surface area contributed by atoms with Crippen LogP contribution in [0.15, 0.2) is 24.3 Å². The molecular weight excluding hydrogens is 238 g/mol. The van der Waals surface area contributed by atoms with E-state index in [1.807, 2.05) is 17.9 Å². The van der Waals surface area contributed by atoms with Crippen LogP contribution in [0.1, 0.15) is 43.0 Å². The van der Waals surface area contributed by atoms with Crippen LogP contribution in [0.5, 0.6) is 0 Å². The zero-order valence-electron chi connectivity index (χ0n) is 11.3. The van der Waals surface area contributed by atoms with Gasteiger partial charge in [0.05, 0.1) is 0 Å². The van der Waals surface area contributed by atoms with Gasteiger partial charge in [-0.1, -0.05) is 24.3 Å². The zero-order valence-corrected chi connectivity index (χ0v) is 11.3. The average Bonchev–Trinajstić information content (AvgIpc) is 2.92. The molecule has 1 heterocycles. The number of carbonyl (C=O) groups excluding carboxylic acids is 1. The normalized spacial score (nSPS) is 29.9. The molecule has 0 saturated carbocycles. The fourth-order valence-corrected chi connectivity index (χ4v) is 3.31. The van der Waals surface area contributed by atoms with Crippen LogP contribution in [0.4, 0.5) is 0 Å². The fraction of sp³-hybridized carbons (Fsp3) is 0.533. The standard InChI is InChI=1S/C15H21N3O/c1-2-18-9-10(7-15(18)19)17-14-8-13(16)11-5-3-4-6-12(11)14/h3-6,10,13-14,17H,2,7-9,16H2,1H3. The summed E-state index contributed by atoms with van der Waals surface area (Å²) in [5.41, 5.74) is 8.72. The van der Waals surface area contributed by atoms with Gasteiger partial charge in [-0.3, -0.25) is 4.79 Å². The minimum Gasteiger partial charge on any atom is -0.341 e. The smallest absolute Gasteiger partial charge is 0.224 e. The summed E-state index contributed by atoms with van der Waals surface area (Å²) in [4.78, 5) is 13.7. The maximum atomic E-state index is 11.8. The van der Waals surface area contributed by atoms with Gasteiger partial charge < -0.3 is 16.0 Å². The monoisotopic (exact) mass is 259 g/mol. The number of nitrogens with one attached hydrogen (secondary N) is 1. The molecule has 1 aromatic rings. The maximum absolute atomic E-state index is 11.8. The molecule has 102 valence electrons. The minimum atomic E-state index is 0.119. The first-order chi connectivity index (χ1) is 9.19. The number of fused-ring (bicyclic) bond motifs is 1. The summed E-state index contributed by atoms with van der Waals surface area (Å²) >= 11 is 0. The molecule has 1 amide bonds. The van der Waals surface area contributed by atoms with Crippen LogP contribution in [0.2, 0.25) is 0 Å². The van der Waals surface area contributed by atoms with Gasteiger partial charge in [0, 0.05) is 37.6 Å². The van der Waals surface area contributed by atoms with Crippen molar-refractivity contribution in [1.82, 2.24) is 10.2 Å². The van der Waals surface area contributed by atoms with Gasteiger partial charge in [0.25, 0.3) is 0 Å². The third kappa shape index (κ3) is 2.26. The molecule has 1 fully saturated rings. The predicted octanol–water partition coefficient (Wildman–Crippen LogP) is 1.34. The number of amides is 1. The summed E-state index contributed by atoms with van der Waals surface area (Å²) < 4.78 is 0. The summed E-state index contributed by atoms with van der Waals surface area (Å²) in [7, 11) is 0. The molecule has 1 aliphatic heterocycles. The van der Waals surface area contributed by atoms with E-state index in [0.29, 0.717) is 12.5 Å². The van der Waals surface area contributed by atoms with Crippen LogP contribution in [0, 0.1) is 0 Å². The van der Waals surface area contributed by atoms with Crippen LogP contribution in [0.25, 0.3) is 0 Å². The van der Waals surface area contributed by atoms with Crippen molar-refractivity contribution in [3.63, 3.8) is 0 Å². The number of hydrogen-bond donors (Lipinski definition) is 2. The Morgan fingerprint density at radius 1 is 1.37 bits per heavy atom. The number of carbonyl (C=O) groups is 1. The number of hydrogen-bond acceptors (Lipinski definition) is 3. The van der Waals surface area contributed by atoms with Gasteiger partial charge in [-0.05, 0) is 24.5 Å². The molecule has 3 unspecified atom stereocenters. The number of nitrogens with zero attached hydrogens (tertiary/aromatic N) is 1. The van der Waals surface area contributed by atoms with E-state index in [1.54, 1.807) is 0 Å². The zero-order chi connectivity index (χ0) is 13.4. The Labute approximate surface area is 114 Å². The minimum absolute atomic E-state index is 0.119. The van der Waals surface area contributed by atoms with E-state index in [2.05, 4.69) is 23.5 Å². The summed E-state index contributed by atoms with van der Waals surface area (Å²) in [6.07, 6.45) is 1.54. The first-order valence-electron chi connectivity index (χ1n) is 7.07.